The fraction of sp³-hybridized carbons (Fsp3) is 0. The Hall–Kier alpha value is 1.84. The van der Waals surface area contributed by atoms with E-state index in [4.69, 9.17) is 0 Å². The van der Waals surface area contributed by atoms with Crippen molar-refractivity contribution in [1.29, 1.82) is 0 Å². The normalized spacial score (nSPS) is 6.43. The first-order chi connectivity index (χ1) is 1.73. The van der Waals surface area contributed by atoms with Crippen molar-refractivity contribution in [3.05, 3.63) is 0 Å². The Kier molecular flexibility index (Phi) is 51.9. The van der Waals surface area contributed by atoms with Gasteiger partial charge in [-0.25, -0.2) is 0 Å². The molecule has 0 heterocycles. The van der Waals surface area contributed by atoms with Gasteiger partial charge in [-0.1, -0.05) is 0 Å². The summed E-state index contributed by atoms with van der Waals surface area (Å²) in [4.78, 5) is 0. The molecule has 0 spiro atoms. The number of hydrogen-bond donors (Lipinski definition) is 0. The molecule has 0 rings (SSSR count). The summed E-state index contributed by atoms with van der Waals surface area (Å²) in [6, 6.07) is 0. The van der Waals surface area contributed by atoms with Crippen molar-refractivity contribution >= 4 is 42.3 Å². The molecule has 6 N–H and O–H groups in total. The minimum absolute atomic E-state index is 0. The molecular weight excluding hydrogens is 344 g/mol. The third kappa shape index (κ3) is 79.0. The van der Waals surface area contributed by atoms with Crippen molar-refractivity contribution in [2.45, 2.75) is 0 Å². The summed E-state index contributed by atoms with van der Waals surface area (Å²) in [7, 11) is -0.312. The Balaban J connectivity index is -0.0000000150. The molecule has 7 heteroatoms. The van der Waals surface area contributed by atoms with Gasteiger partial charge in [0.2, 0.25) is 0 Å². The van der Waals surface area contributed by atoms with Crippen LogP contribution in [-0.4, -0.2) is 16.4 Å². The predicted molar refractivity (Wildman–Crippen MR) is 37.6 cm³/mol. The van der Waals surface area contributed by atoms with Crippen LogP contribution < -0.4 is 0 Å². The molecule has 0 radical (unpaired) electrons. The summed E-state index contributed by atoms with van der Waals surface area (Å²) >= 11 is 9.56. The molecular formula is H6Br3FeO3. The van der Waals surface area contributed by atoms with E-state index in [2.05, 4.69) is 42.3 Å². The molecule has 0 saturated carbocycles. The van der Waals surface area contributed by atoms with Crippen molar-refractivity contribution < 1.29 is 24.9 Å². The third-order valence-electron chi connectivity index (χ3n) is 0. The van der Waals surface area contributed by atoms with Gasteiger partial charge in [0.1, 0.15) is 0 Å². The summed E-state index contributed by atoms with van der Waals surface area (Å²) < 4.78 is 0. The Labute approximate surface area is 66.7 Å². The number of rotatable bonds is 0. The zero-order valence-corrected chi connectivity index (χ0v) is 8.85. The second-order valence-electron chi connectivity index (χ2n) is 0.152. The first kappa shape index (κ1) is 23.2. The summed E-state index contributed by atoms with van der Waals surface area (Å²) in [5.41, 5.74) is 0. The first-order valence-corrected chi connectivity index (χ1v) is 8.59. The van der Waals surface area contributed by atoms with Crippen LogP contribution in [0, 0.1) is 0 Å². The van der Waals surface area contributed by atoms with Crippen LogP contribution in [-0.2, 0) is 8.48 Å². The first-order valence-electron chi connectivity index (χ1n) is 0.401. The van der Waals surface area contributed by atoms with E-state index in [1.54, 1.807) is 0 Å². The van der Waals surface area contributed by atoms with E-state index in [1.165, 1.54) is 0 Å². The van der Waals surface area contributed by atoms with Gasteiger partial charge >= 0.3 is 50.8 Å². The average molecular weight is 350 g/mol. The van der Waals surface area contributed by atoms with Crippen LogP contribution in [0.4, 0.5) is 0 Å². The monoisotopic (exact) mass is 347 g/mol. The molecule has 0 amide bonds. The SMILES string of the molecule is O.O.O.[Br][Fe]([Br])[Br]. The minimum atomic E-state index is -0.312. The molecule has 0 aromatic rings. The van der Waals surface area contributed by atoms with E-state index in [0.29, 0.717) is 0 Å². The molecule has 0 bridgehead atoms. The second-order valence-corrected chi connectivity index (χ2v) is 16.9. The van der Waals surface area contributed by atoms with Crippen molar-refractivity contribution in [2.75, 3.05) is 0 Å². The van der Waals surface area contributed by atoms with E-state index in [-0.39, 0.29) is 24.9 Å². The van der Waals surface area contributed by atoms with Crippen molar-refractivity contribution in [3.63, 3.8) is 0 Å². The van der Waals surface area contributed by atoms with E-state index in [1.807, 2.05) is 0 Å². The van der Waals surface area contributed by atoms with Gasteiger partial charge in [-0.05, 0) is 0 Å². The Bertz CT molecular complexity index is 14.9. The molecule has 0 unspecified atom stereocenters. The molecule has 0 atom stereocenters. The number of hydrogen-bond acceptors (Lipinski definition) is 0. The maximum atomic E-state index is 3.19. The van der Waals surface area contributed by atoms with Gasteiger partial charge in [-0.3, -0.25) is 0 Å². The molecule has 0 aromatic carbocycles. The second kappa shape index (κ2) is 15.7. The predicted octanol–water partition coefficient (Wildman–Crippen LogP) is 0.0602. The van der Waals surface area contributed by atoms with Crippen LogP contribution in [0.25, 0.3) is 0 Å². The van der Waals surface area contributed by atoms with E-state index in [0.717, 1.165) is 0 Å². The van der Waals surface area contributed by atoms with Crippen LogP contribution in [0.1, 0.15) is 0 Å². The average Bonchev–Trinajstić information content (AvgIpc) is 0.811. The van der Waals surface area contributed by atoms with Crippen molar-refractivity contribution in [3.8, 4) is 0 Å². The molecule has 3 nitrogen and oxygen atoms in total. The van der Waals surface area contributed by atoms with Crippen LogP contribution in [0.2, 0.25) is 0 Å². The maximum absolute atomic E-state index is 3.19. The summed E-state index contributed by atoms with van der Waals surface area (Å²) in [5.74, 6) is 0. The zero-order valence-electron chi connectivity index (χ0n) is 2.99. The fourth-order valence-electron chi connectivity index (χ4n) is 0. The molecule has 53 valence electrons. The topological polar surface area (TPSA) is 94.5 Å². The van der Waals surface area contributed by atoms with Crippen molar-refractivity contribution in [2.24, 2.45) is 0 Å². The van der Waals surface area contributed by atoms with Crippen LogP contribution in [0.3, 0.4) is 0 Å². The van der Waals surface area contributed by atoms with E-state index >= 15 is 0 Å². The quantitative estimate of drug-likeness (QED) is 0.553. The van der Waals surface area contributed by atoms with Gasteiger partial charge in [0.25, 0.3) is 0 Å². The molecule has 7 heavy (non-hydrogen) atoms. The van der Waals surface area contributed by atoms with Gasteiger partial charge < -0.3 is 16.4 Å². The van der Waals surface area contributed by atoms with Crippen LogP contribution >= 0.6 is 42.3 Å². The molecule has 0 aliphatic heterocycles. The summed E-state index contributed by atoms with van der Waals surface area (Å²) in [6.07, 6.45) is 0. The molecule has 0 fully saturated rings. The van der Waals surface area contributed by atoms with Gasteiger partial charge in [0.05, 0.1) is 0 Å². The van der Waals surface area contributed by atoms with Crippen LogP contribution in [0.5, 0.6) is 0 Å². The van der Waals surface area contributed by atoms with Gasteiger partial charge in [0, 0.05) is 0 Å². The zero-order chi connectivity index (χ0) is 3.58. The summed E-state index contributed by atoms with van der Waals surface area (Å²) in [5, 5.41) is 0. The number of halogens is 3. The van der Waals surface area contributed by atoms with Gasteiger partial charge in [-0.15, -0.1) is 0 Å². The molecule has 0 aliphatic carbocycles. The van der Waals surface area contributed by atoms with Gasteiger partial charge in [-0.2, -0.15) is 0 Å². The summed E-state index contributed by atoms with van der Waals surface area (Å²) in [6.45, 7) is 0. The Morgan fingerprint density at radius 2 is 0.714 bits per heavy atom. The van der Waals surface area contributed by atoms with E-state index < -0.39 is 0 Å². The third-order valence-corrected chi connectivity index (χ3v) is 0. The molecule has 0 saturated heterocycles. The van der Waals surface area contributed by atoms with Crippen molar-refractivity contribution in [1.82, 2.24) is 0 Å². The Morgan fingerprint density at radius 3 is 0.714 bits per heavy atom. The molecule has 0 aromatic heterocycles. The molecule has 0 aliphatic rings. The van der Waals surface area contributed by atoms with E-state index in [9.17, 15) is 0 Å². The Morgan fingerprint density at radius 1 is 0.714 bits per heavy atom. The standard InChI is InChI=1S/3BrH.Fe.3H2O/h3*1H;;3*1H2/q;;;+3;;;/p-3. The fourth-order valence-corrected chi connectivity index (χ4v) is 0. The van der Waals surface area contributed by atoms with Crippen LogP contribution in [0.15, 0.2) is 0 Å². The van der Waals surface area contributed by atoms with Gasteiger partial charge in [0.15, 0.2) is 0 Å².